The van der Waals surface area contributed by atoms with Gasteiger partial charge in [0.2, 0.25) is 0 Å². The zero-order chi connectivity index (χ0) is 13.6. The minimum Gasteiger partial charge on any atom is -0.444 e. The molecular weight excluding hydrogens is 294 g/mol. The first-order valence-corrected chi connectivity index (χ1v) is 6.87. The van der Waals surface area contributed by atoms with Gasteiger partial charge in [-0.25, -0.2) is 4.79 Å². The van der Waals surface area contributed by atoms with E-state index >= 15 is 0 Å². The molecule has 0 aliphatic rings. The molecule has 18 heavy (non-hydrogen) atoms. The van der Waals surface area contributed by atoms with Crippen LogP contribution >= 0.6 is 15.9 Å². The second kappa shape index (κ2) is 6.78. The van der Waals surface area contributed by atoms with Crippen LogP contribution < -0.4 is 5.32 Å². The molecule has 1 aromatic carbocycles. The van der Waals surface area contributed by atoms with Crippen LogP contribution in [-0.2, 0) is 11.2 Å². The normalized spacial score (nSPS) is 11.1. The van der Waals surface area contributed by atoms with Crippen LogP contribution in [0.5, 0.6) is 0 Å². The summed E-state index contributed by atoms with van der Waals surface area (Å²) in [6, 6.07) is 8.19. The molecule has 1 rings (SSSR count). The highest BCUT2D eigenvalue weighted by molar-refractivity contribution is 9.10. The fourth-order valence-corrected chi connectivity index (χ4v) is 1.94. The summed E-state index contributed by atoms with van der Waals surface area (Å²) in [5, 5.41) is 2.75. The Balaban J connectivity index is 2.21. The first-order chi connectivity index (χ1) is 8.37. The van der Waals surface area contributed by atoms with Crippen molar-refractivity contribution < 1.29 is 9.53 Å². The molecule has 0 radical (unpaired) electrons. The van der Waals surface area contributed by atoms with Crippen LogP contribution in [0.3, 0.4) is 0 Å². The van der Waals surface area contributed by atoms with E-state index in [2.05, 4.69) is 33.4 Å². The predicted octanol–water partition coefficient (Wildman–Crippen LogP) is 3.91. The fourth-order valence-electron chi connectivity index (χ4n) is 1.49. The minimum atomic E-state index is -0.436. The average molecular weight is 314 g/mol. The monoisotopic (exact) mass is 313 g/mol. The highest BCUT2D eigenvalue weighted by atomic mass is 79.9. The summed E-state index contributed by atoms with van der Waals surface area (Å²) in [5.74, 6) is 0. The molecule has 4 heteroatoms. The molecular formula is C14H20BrNO2. The Kier molecular flexibility index (Phi) is 5.66. The molecule has 0 saturated carbocycles. The van der Waals surface area contributed by atoms with E-state index in [1.165, 1.54) is 5.56 Å². The van der Waals surface area contributed by atoms with Crippen molar-refractivity contribution in [3.05, 3.63) is 34.3 Å². The summed E-state index contributed by atoms with van der Waals surface area (Å²) in [5.41, 5.74) is 0.823. The molecule has 100 valence electrons. The topological polar surface area (TPSA) is 38.3 Å². The van der Waals surface area contributed by atoms with Gasteiger partial charge in [-0.1, -0.05) is 28.1 Å². The Morgan fingerprint density at radius 1 is 1.39 bits per heavy atom. The van der Waals surface area contributed by atoms with E-state index in [0.717, 1.165) is 17.3 Å². The zero-order valence-electron chi connectivity index (χ0n) is 11.1. The van der Waals surface area contributed by atoms with Crippen molar-refractivity contribution >= 4 is 22.0 Å². The zero-order valence-corrected chi connectivity index (χ0v) is 12.7. The van der Waals surface area contributed by atoms with Crippen molar-refractivity contribution in [1.82, 2.24) is 5.32 Å². The minimum absolute atomic E-state index is 0.350. The van der Waals surface area contributed by atoms with Crippen molar-refractivity contribution in [1.29, 1.82) is 0 Å². The van der Waals surface area contributed by atoms with Gasteiger partial charge in [0.15, 0.2) is 0 Å². The number of amides is 1. The first kappa shape index (κ1) is 15.0. The number of hydrogen-bond acceptors (Lipinski definition) is 2. The Bertz CT molecular complexity index is 399. The first-order valence-electron chi connectivity index (χ1n) is 6.08. The lowest BCUT2D eigenvalue weighted by molar-refractivity contribution is 0.0527. The lowest BCUT2D eigenvalue weighted by Crippen LogP contribution is -2.33. The van der Waals surface area contributed by atoms with Crippen LogP contribution in [0, 0.1) is 0 Å². The van der Waals surface area contributed by atoms with Gasteiger partial charge < -0.3 is 10.1 Å². The van der Waals surface area contributed by atoms with Crippen molar-refractivity contribution in [2.45, 2.75) is 39.2 Å². The maximum Gasteiger partial charge on any atom is 0.407 e. The smallest absolute Gasteiger partial charge is 0.407 e. The lowest BCUT2D eigenvalue weighted by atomic mass is 10.1. The summed E-state index contributed by atoms with van der Waals surface area (Å²) in [7, 11) is 0. The van der Waals surface area contributed by atoms with Crippen molar-refractivity contribution in [2.24, 2.45) is 0 Å². The third-order valence-corrected chi connectivity index (χ3v) is 2.69. The summed E-state index contributed by atoms with van der Waals surface area (Å²) in [4.78, 5) is 11.4. The van der Waals surface area contributed by atoms with Crippen LogP contribution in [0.1, 0.15) is 32.8 Å². The van der Waals surface area contributed by atoms with E-state index < -0.39 is 5.60 Å². The number of nitrogens with one attached hydrogen (secondary N) is 1. The standard InChI is InChI=1S/C14H20BrNO2/c1-14(2,3)18-13(17)16-9-5-7-11-6-4-8-12(15)10-11/h4,6,8,10H,5,7,9H2,1-3H3,(H,16,17). The van der Waals surface area contributed by atoms with E-state index in [0.29, 0.717) is 6.54 Å². The number of ether oxygens (including phenoxy) is 1. The number of carbonyl (C=O) groups excluding carboxylic acids is 1. The van der Waals surface area contributed by atoms with Gasteiger partial charge in [-0.3, -0.25) is 0 Å². The highest BCUT2D eigenvalue weighted by Crippen LogP contribution is 2.12. The molecule has 0 aliphatic heterocycles. The maximum absolute atomic E-state index is 11.4. The number of hydrogen-bond donors (Lipinski definition) is 1. The van der Waals surface area contributed by atoms with Gasteiger partial charge >= 0.3 is 6.09 Å². The molecule has 0 aliphatic carbocycles. The number of carbonyl (C=O) groups is 1. The number of benzene rings is 1. The Labute approximate surface area is 117 Å². The SMILES string of the molecule is CC(C)(C)OC(=O)NCCCc1cccc(Br)c1. The molecule has 0 spiro atoms. The van der Waals surface area contributed by atoms with Crippen molar-refractivity contribution in [2.75, 3.05) is 6.54 Å². The number of rotatable bonds is 4. The van der Waals surface area contributed by atoms with Gasteiger partial charge in [0, 0.05) is 11.0 Å². The van der Waals surface area contributed by atoms with E-state index in [9.17, 15) is 4.79 Å². The second-order valence-corrected chi connectivity index (χ2v) is 6.08. The molecule has 0 unspecified atom stereocenters. The largest absolute Gasteiger partial charge is 0.444 e. The van der Waals surface area contributed by atoms with Gasteiger partial charge in [0.25, 0.3) is 0 Å². The Hall–Kier alpha value is -1.03. The summed E-state index contributed by atoms with van der Waals surface area (Å²) in [6.07, 6.45) is 1.49. The van der Waals surface area contributed by atoms with Crippen LogP contribution in [0.25, 0.3) is 0 Å². The van der Waals surface area contributed by atoms with E-state index in [4.69, 9.17) is 4.74 Å². The summed E-state index contributed by atoms with van der Waals surface area (Å²) >= 11 is 3.44. The molecule has 1 N–H and O–H groups in total. The third-order valence-electron chi connectivity index (χ3n) is 2.20. The van der Waals surface area contributed by atoms with Gasteiger partial charge in [-0.2, -0.15) is 0 Å². The second-order valence-electron chi connectivity index (χ2n) is 5.16. The molecule has 0 bridgehead atoms. The van der Waals surface area contributed by atoms with Gasteiger partial charge in [-0.15, -0.1) is 0 Å². The van der Waals surface area contributed by atoms with Crippen LogP contribution in [-0.4, -0.2) is 18.2 Å². The molecule has 1 amide bonds. The molecule has 3 nitrogen and oxygen atoms in total. The van der Waals surface area contributed by atoms with Gasteiger partial charge in [0.05, 0.1) is 0 Å². The average Bonchev–Trinajstić information content (AvgIpc) is 2.22. The summed E-state index contributed by atoms with van der Waals surface area (Å²) < 4.78 is 6.23. The number of alkyl carbamates (subject to hydrolysis) is 1. The Morgan fingerprint density at radius 3 is 2.72 bits per heavy atom. The predicted molar refractivity (Wildman–Crippen MR) is 76.7 cm³/mol. The fraction of sp³-hybridized carbons (Fsp3) is 0.500. The van der Waals surface area contributed by atoms with Gasteiger partial charge in [0.1, 0.15) is 5.60 Å². The molecule has 0 fully saturated rings. The lowest BCUT2D eigenvalue weighted by Gasteiger charge is -2.19. The Morgan fingerprint density at radius 2 is 2.11 bits per heavy atom. The number of aryl methyl sites for hydroxylation is 1. The molecule has 0 atom stereocenters. The van der Waals surface area contributed by atoms with Crippen LogP contribution in [0.2, 0.25) is 0 Å². The molecule has 0 aromatic heterocycles. The van der Waals surface area contributed by atoms with Gasteiger partial charge in [-0.05, 0) is 51.3 Å². The van der Waals surface area contributed by atoms with Crippen LogP contribution in [0.4, 0.5) is 4.79 Å². The quantitative estimate of drug-likeness (QED) is 0.856. The molecule has 1 aromatic rings. The van der Waals surface area contributed by atoms with E-state index in [-0.39, 0.29) is 6.09 Å². The maximum atomic E-state index is 11.4. The third kappa shape index (κ3) is 6.64. The van der Waals surface area contributed by atoms with Crippen molar-refractivity contribution in [3.8, 4) is 0 Å². The molecule has 0 heterocycles. The number of halogens is 1. The highest BCUT2D eigenvalue weighted by Gasteiger charge is 2.15. The summed E-state index contributed by atoms with van der Waals surface area (Å²) in [6.45, 7) is 6.19. The van der Waals surface area contributed by atoms with Crippen molar-refractivity contribution in [3.63, 3.8) is 0 Å². The molecule has 0 saturated heterocycles. The van der Waals surface area contributed by atoms with Crippen LogP contribution in [0.15, 0.2) is 28.7 Å². The van der Waals surface area contributed by atoms with E-state index in [1.807, 2.05) is 32.9 Å². The van der Waals surface area contributed by atoms with E-state index in [1.54, 1.807) is 0 Å².